The Morgan fingerprint density at radius 3 is 1.24 bits per heavy atom. The summed E-state index contributed by atoms with van der Waals surface area (Å²) in [4.78, 5) is 0. The van der Waals surface area contributed by atoms with E-state index in [0.29, 0.717) is 11.7 Å². The molecule has 0 nitrogen and oxygen atoms in total. The summed E-state index contributed by atoms with van der Waals surface area (Å²) in [5, 5.41) is 3.84. The fourth-order valence-electron chi connectivity index (χ4n) is 5.55. The van der Waals surface area contributed by atoms with Gasteiger partial charge in [-0.2, -0.15) is 18.7 Å². The van der Waals surface area contributed by atoms with Gasteiger partial charge in [-0.1, -0.05) is 139 Å². The molecular formula is C42H38BrF3NiP2+. The second-order valence-electron chi connectivity index (χ2n) is 11.3. The van der Waals surface area contributed by atoms with E-state index < -0.39 is 27.6 Å². The van der Waals surface area contributed by atoms with E-state index in [2.05, 4.69) is 119 Å². The summed E-state index contributed by atoms with van der Waals surface area (Å²) in [6, 6.07) is 59.2. The number of allylic oxidation sites excluding steroid dienone is 1. The van der Waals surface area contributed by atoms with Gasteiger partial charge in [0.05, 0.1) is 42.3 Å². The molecule has 0 spiro atoms. The quantitative estimate of drug-likeness (QED) is 0.0736. The normalized spacial score (nSPS) is 10.9. The van der Waals surface area contributed by atoms with Gasteiger partial charge in [0.1, 0.15) is 0 Å². The van der Waals surface area contributed by atoms with Crippen LogP contribution in [0, 0.1) is 6.58 Å². The van der Waals surface area contributed by atoms with Crippen molar-refractivity contribution in [3.05, 3.63) is 205 Å². The van der Waals surface area contributed by atoms with Crippen molar-refractivity contribution in [3.8, 4) is 0 Å². The molecule has 49 heavy (non-hydrogen) atoms. The molecule has 0 atom stereocenters. The van der Waals surface area contributed by atoms with Crippen molar-refractivity contribution in [1.82, 2.24) is 0 Å². The van der Waals surface area contributed by atoms with Crippen LogP contribution < -0.4 is 15.9 Å². The molecule has 0 N–H and O–H groups in total. The Morgan fingerprint density at radius 1 is 0.490 bits per heavy atom. The summed E-state index contributed by atoms with van der Waals surface area (Å²) < 4.78 is 39.4. The molecule has 0 aliphatic heterocycles. The molecule has 7 heteroatoms. The molecule has 0 fully saturated rings. The van der Waals surface area contributed by atoms with E-state index in [-0.39, 0.29) is 5.56 Å². The van der Waals surface area contributed by atoms with Gasteiger partial charge in [-0.3, -0.25) is 6.58 Å². The van der Waals surface area contributed by atoms with E-state index in [1.165, 1.54) is 34.8 Å². The third kappa shape index (κ3) is 12.2. The van der Waals surface area contributed by atoms with Crippen molar-refractivity contribution >= 4 is 51.6 Å². The van der Waals surface area contributed by atoms with Gasteiger partial charge in [-0.25, -0.2) is 0 Å². The maximum atomic E-state index is 13.1. The molecule has 0 bridgehead atoms. The fourth-order valence-corrected chi connectivity index (χ4v) is 10.8. The fraction of sp³-hybridized carbons (Fsp3) is 0.0952. The van der Waals surface area contributed by atoms with Crippen molar-refractivity contribution in [2.45, 2.75) is 24.7 Å². The van der Waals surface area contributed by atoms with Gasteiger partial charge in [0.15, 0.2) is 0 Å². The molecule has 0 saturated carbocycles. The molecule has 0 heterocycles. The first-order valence-corrected chi connectivity index (χ1v) is 21.8. The number of halogens is 4. The summed E-state index contributed by atoms with van der Waals surface area (Å²) in [5.74, 6) is 0. The number of alkyl halides is 3. The molecule has 0 radical (unpaired) electrons. The Bertz CT molecular complexity index is 1720. The standard InChI is InChI=1S/C22H17F3P.C20H19P.BrH.Ni/c1-17(22(23,24)25)21-15-9-8-10-18(21)16-26(19-11-4-2-5-12-19)20-13-6-3-7-14-20;1-4-10-18(11-5-1)16-21(20-14-8-3-9-15-20)17-19-12-6-2-7-13-19;;/h1-15H,16H2;1-15H,16-17H2;1H;/q-1;;;+1/p+1. The topological polar surface area (TPSA) is 0 Å². The molecule has 253 valence electrons. The Morgan fingerprint density at radius 2 is 0.837 bits per heavy atom. The molecule has 0 aliphatic carbocycles. The molecule has 0 aromatic heterocycles. The van der Waals surface area contributed by atoms with Crippen LogP contribution in [-0.2, 0) is 32.2 Å². The molecule has 0 unspecified atom stereocenters. The van der Waals surface area contributed by atoms with E-state index in [1.54, 1.807) is 18.2 Å². The van der Waals surface area contributed by atoms with Gasteiger partial charge in [-0.05, 0) is 47.5 Å². The van der Waals surface area contributed by atoms with Crippen molar-refractivity contribution in [1.29, 1.82) is 0 Å². The zero-order valence-corrected chi connectivity index (χ0v) is 31.3. The number of hydrogen-bond donors (Lipinski definition) is 0. The van der Waals surface area contributed by atoms with Crippen LogP contribution in [0.5, 0.6) is 0 Å². The zero-order valence-electron chi connectivity index (χ0n) is 26.8. The minimum Gasteiger partial charge on any atom is -0.0622 e. The molecule has 6 aromatic carbocycles. The first kappa shape index (κ1) is 38.5. The van der Waals surface area contributed by atoms with Gasteiger partial charge in [0.25, 0.3) is 0 Å². The van der Waals surface area contributed by atoms with Crippen LogP contribution in [0.1, 0.15) is 22.3 Å². The van der Waals surface area contributed by atoms with Crippen molar-refractivity contribution in [2.75, 3.05) is 0 Å². The van der Waals surface area contributed by atoms with Gasteiger partial charge in [-0.15, -0.1) is 11.6 Å². The van der Waals surface area contributed by atoms with Crippen LogP contribution in [0.4, 0.5) is 13.2 Å². The number of hydrogen-bond acceptors (Lipinski definition) is 0. The van der Waals surface area contributed by atoms with Crippen LogP contribution in [0.25, 0.3) is 5.57 Å². The minimum atomic E-state index is -4.54. The smallest absolute Gasteiger partial charge is 0.0622 e. The Kier molecular flexibility index (Phi) is 16.0. The minimum absolute atomic E-state index is 0.0781. The van der Waals surface area contributed by atoms with Gasteiger partial charge >= 0.3 is 34.1 Å². The molecule has 6 rings (SSSR count). The summed E-state index contributed by atoms with van der Waals surface area (Å²) in [6.07, 6.45) is -1.64. The summed E-state index contributed by atoms with van der Waals surface area (Å²) >= 11 is 6.25. The third-order valence-electron chi connectivity index (χ3n) is 7.93. The first-order chi connectivity index (χ1) is 23.9. The van der Waals surface area contributed by atoms with Crippen LogP contribution in [0.2, 0.25) is 0 Å². The van der Waals surface area contributed by atoms with E-state index >= 15 is 0 Å². The van der Waals surface area contributed by atoms with Gasteiger partial charge < -0.3 is 0 Å². The SMILES string of the molecule is [CH-]=C(c1ccccc1C[PH+](c1ccccc1)c1ccccc1)C(F)(F)F.[Ni][Br].c1ccc(C[PH+](Cc2ccccc2)c2ccccc2)cc1. The van der Waals surface area contributed by atoms with Crippen LogP contribution >= 0.6 is 30.1 Å². The van der Waals surface area contributed by atoms with E-state index in [9.17, 15) is 13.2 Å². The van der Waals surface area contributed by atoms with Crippen molar-refractivity contribution in [2.24, 2.45) is 0 Å². The van der Waals surface area contributed by atoms with Crippen LogP contribution in [0.3, 0.4) is 0 Å². The predicted octanol–water partition coefficient (Wildman–Crippen LogP) is 11.2. The van der Waals surface area contributed by atoms with Crippen molar-refractivity contribution in [3.63, 3.8) is 0 Å². The number of rotatable bonds is 10. The molecular weight excluding hydrogens is 762 g/mol. The monoisotopic (exact) mass is 798 g/mol. The first-order valence-electron chi connectivity index (χ1n) is 15.7. The molecule has 6 aromatic rings. The average Bonchev–Trinajstić information content (AvgIpc) is 3.16. The maximum Gasteiger partial charge on any atom is 0.0921 e. The van der Waals surface area contributed by atoms with E-state index in [1.807, 2.05) is 60.7 Å². The molecule has 0 amide bonds. The van der Waals surface area contributed by atoms with Gasteiger partial charge in [0.2, 0.25) is 0 Å². The maximum absolute atomic E-state index is 13.1. The summed E-state index contributed by atoms with van der Waals surface area (Å²) in [7, 11) is -1.92. The second kappa shape index (κ2) is 20.4. The second-order valence-corrected chi connectivity index (χ2v) is 16.2. The predicted molar refractivity (Wildman–Crippen MR) is 208 cm³/mol. The molecule has 0 saturated heterocycles. The summed E-state index contributed by atoms with van der Waals surface area (Å²) in [5.41, 5.74) is 2.58. The van der Waals surface area contributed by atoms with E-state index in [0.717, 1.165) is 10.6 Å². The van der Waals surface area contributed by atoms with Crippen LogP contribution in [-0.4, -0.2) is 6.18 Å². The van der Waals surface area contributed by atoms with Crippen LogP contribution in [0.15, 0.2) is 176 Å². The zero-order chi connectivity index (χ0) is 34.9. The van der Waals surface area contributed by atoms with Crippen molar-refractivity contribution < 1.29 is 26.9 Å². The molecule has 0 aliphatic rings. The third-order valence-corrected chi connectivity index (χ3v) is 13.5. The Hall–Kier alpha value is -3.32. The average molecular weight is 800 g/mol. The van der Waals surface area contributed by atoms with Gasteiger partial charge in [0, 0.05) is 7.92 Å². The van der Waals surface area contributed by atoms with E-state index in [4.69, 9.17) is 6.58 Å². The number of benzene rings is 6. The summed E-state index contributed by atoms with van der Waals surface area (Å²) in [6.45, 7) is 5.43. The largest absolute Gasteiger partial charge is 0.0921 e. The Labute approximate surface area is 306 Å². The Balaban J connectivity index is 0.000000214.